The molecule has 7 nitrogen and oxygen atoms in total. The Balaban J connectivity index is 1.53. The second-order valence-corrected chi connectivity index (χ2v) is 8.48. The number of hydrogen-bond donors (Lipinski definition) is 1. The Labute approximate surface area is 181 Å². The summed E-state index contributed by atoms with van der Waals surface area (Å²) in [5, 5.41) is 7.96. The van der Waals surface area contributed by atoms with E-state index in [0.29, 0.717) is 22.5 Å². The van der Waals surface area contributed by atoms with Gasteiger partial charge in [-0.25, -0.2) is 14.5 Å². The van der Waals surface area contributed by atoms with Gasteiger partial charge in [0.05, 0.1) is 23.2 Å². The molecule has 0 spiro atoms. The van der Waals surface area contributed by atoms with Crippen molar-refractivity contribution < 1.29 is 14.3 Å². The van der Waals surface area contributed by atoms with E-state index in [0.717, 1.165) is 24.1 Å². The van der Waals surface area contributed by atoms with Gasteiger partial charge >= 0.3 is 5.97 Å². The maximum Gasteiger partial charge on any atom is 0.339 e. The van der Waals surface area contributed by atoms with E-state index in [-0.39, 0.29) is 18.0 Å². The third kappa shape index (κ3) is 4.45. The van der Waals surface area contributed by atoms with Gasteiger partial charge in [0.1, 0.15) is 0 Å². The van der Waals surface area contributed by atoms with E-state index in [4.69, 9.17) is 9.72 Å². The molecule has 0 aliphatic heterocycles. The molecule has 162 valence electrons. The van der Waals surface area contributed by atoms with Gasteiger partial charge in [-0.3, -0.25) is 4.79 Å². The lowest BCUT2D eigenvalue weighted by atomic mass is 10.1. The fourth-order valence-electron chi connectivity index (χ4n) is 3.61. The average molecular weight is 421 g/mol. The number of benzene rings is 1. The van der Waals surface area contributed by atoms with Crippen molar-refractivity contribution in [3.63, 3.8) is 0 Å². The van der Waals surface area contributed by atoms with Crippen molar-refractivity contribution in [2.24, 2.45) is 0 Å². The Morgan fingerprint density at radius 3 is 2.48 bits per heavy atom. The molecule has 1 N–H and O–H groups in total. The van der Waals surface area contributed by atoms with Gasteiger partial charge in [-0.1, -0.05) is 30.3 Å². The van der Waals surface area contributed by atoms with Crippen molar-refractivity contribution in [1.29, 1.82) is 0 Å². The molecule has 1 aliphatic rings. The predicted molar refractivity (Wildman–Crippen MR) is 118 cm³/mol. The van der Waals surface area contributed by atoms with Crippen LogP contribution in [0.25, 0.3) is 11.0 Å². The third-order valence-corrected chi connectivity index (χ3v) is 5.60. The van der Waals surface area contributed by atoms with Crippen LogP contribution in [0.4, 0.5) is 0 Å². The maximum atomic E-state index is 13.0. The van der Waals surface area contributed by atoms with Crippen molar-refractivity contribution in [1.82, 2.24) is 20.1 Å². The van der Waals surface area contributed by atoms with Gasteiger partial charge in [0.2, 0.25) is 0 Å². The number of ether oxygens (including phenoxy) is 1. The lowest BCUT2D eigenvalue weighted by molar-refractivity contribution is -0.129. The number of aromatic nitrogens is 3. The van der Waals surface area contributed by atoms with E-state index in [2.05, 4.69) is 10.4 Å². The highest BCUT2D eigenvalue weighted by molar-refractivity contribution is 6.03. The highest BCUT2D eigenvalue weighted by Crippen LogP contribution is 2.40. The molecule has 2 unspecified atom stereocenters. The van der Waals surface area contributed by atoms with Gasteiger partial charge in [-0.05, 0) is 52.2 Å². The molecule has 0 bridgehead atoms. The molecule has 2 heterocycles. The molecule has 3 aromatic rings. The van der Waals surface area contributed by atoms with Crippen LogP contribution in [-0.2, 0) is 9.53 Å². The zero-order valence-electron chi connectivity index (χ0n) is 18.3. The van der Waals surface area contributed by atoms with Crippen molar-refractivity contribution in [3.8, 4) is 0 Å². The lowest BCUT2D eigenvalue weighted by Gasteiger charge is -2.18. The van der Waals surface area contributed by atoms with Crippen LogP contribution in [0.5, 0.6) is 0 Å². The standard InChI is InChI=1S/C24H28N4O3/c1-14(2)28-22-20(13-25-28)19(12-21(27-22)18-10-11-18)24(30)31-16(4)23(29)26-15(3)17-8-6-5-7-9-17/h5-9,12-16,18H,10-11H2,1-4H3,(H,26,29). The molecule has 0 saturated heterocycles. The molecule has 31 heavy (non-hydrogen) atoms. The first kappa shape index (κ1) is 21.0. The van der Waals surface area contributed by atoms with Crippen molar-refractivity contribution in [3.05, 3.63) is 59.4 Å². The summed E-state index contributed by atoms with van der Waals surface area (Å²) >= 11 is 0. The SMILES string of the molecule is CC(OC(=O)c1cc(C2CC2)nc2c1cnn2C(C)C)C(=O)NC(C)c1ccccc1. The highest BCUT2D eigenvalue weighted by atomic mass is 16.5. The number of fused-ring (bicyclic) bond motifs is 1. The minimum Gasteiger partial charge on any atom is -0.449 e. The number of nitrogens with one attached hydrogen (secondary N) is 1. The van der Waals surface area contributed by atoms with E-state index < -0.39 is 12.1 Å². The molecule has 2 aromatic heterocycles. The number of carbonyl (C=O) groups is 2. The number of esters is 1. The van der Waals surface area contributed by atoms with E-state index in [1.54, 1.807) is 19.2 Å². The second kappa shape index (κ2) is 8.49. The first-order chi connectivity index (χ1) is 14.8. The van der Waals surface area contributed by atoms with Crippen molar-refractivity contribution >= 4 is 22.9 Å². The Hall–Kier alpha value is -3.22. The van der Waals surface area contributed by atoms with Crippen LogP contribution in [0.1, 0.15) is 80.2 Å². The largest absolute Gasteiger partial charge is 0.449 e. The van der Waals surface area contributed by atoms with Crippen LogP contribution in [0.3, 0.4) is 0 Å². The number of rotatable bonds is 7. The predicted octanol–water partition coefficient (Wildman–Crippen LogP) is 4.31. The number of pyridine rings is 1. The van der Waals surface area contributed by atoms with Gasteiger partial charge in [0.25, 0.3) is 5.91 Å². The van der Waals surface area contributed by atoms with E-state index in [1.807, 2.05) is 55.8 Å². The summed E-state index contributed by atoms with van der Waals surface area (Å²) < 4.78 is 7.37. The number of hydrogen-bond acceptors (Lipinski definition) is 5. The summed E-state index contributed by atoms with van der Waals surface area (Å²) in [5.74, 6) is -0.498. The zero-order chi connectivity index (χ0) is 22.1. The van der Waals surface area contributed by atoms with Crippen LogP contribution in [0.15, 0.2) is 42.6 Å². The second-order valence-electron chi connectivity index (χ2n) is 8.48. The van der Waals surface area contributed by atoms with Crippen LogP contribution in [0.2, 0.25) is 0 Å². The monoisotopic (exact) mass is 420 g/mol. The molecule has 0 radical (unpaired) electrons. The quantitative estimate of drug-likeness (QED) is 0.576. The number of carbonyl (C=O) groups excluding carboxylic acids is 2. The van der Waals surface area contributed by atoms with Crippen molar-refractivity contribution in [2.75, 3.05) is 0 Å². The summed E-state index contributed by atoms with van der Waals surface area (Å²) in [5.41, 5.74) is 2.97. The Kier molecular flexibility index (Phi) is 5.76. The zero-order valence-corrected chi connectivity index (χ0v) is 18.3. The molecule has 1 fully saturated rings. The fraction of sp³-hybridized carbons (Fsp3) is 0.417. The van der Waals surface area contributed by atoms with Gasteiger partial charge < -0.3 is 10.1 Å². The third-order valence-electron chi connectivity index (χ3n) is 5.60. The molecular formula is C24H28N4O3. The highest BCUT2D eigenvalue weighted by Gasteiger charge is 2.29. The van der Waals surface area contributed by atoms with Crippen LogP contribution >= 0.6 is 0 Å². The summed E-state index contributed by atoms with van der Waals surface area (Å²) in [7, 11) is 0. The summed E-state index contributed by atoms with van der Waals surface area (Å²) in [6, 6.07) is 11.4. The maximum absolute atomic E-state index is 13.0. The van der Waals surface area contributed by atoms with E-state index >= 15 is 0 Å². The molecule has 7 heteroatoms. The molecule has 1 saturated carbocycles. The lowest BCUT2D eigenvalue weighted by Crippen LogP contribution is -2.37. The summed E-state index contributed by atoms with van der Waals surface area (Å²) in [4.78, 5) is 30.4. The molecule has 1 aliphatic carbocycles. The Morgan fingerprint density at radius 1 is 1.13 bits per heavy atom. The van der Waals surface area contributed by atoms with Gasteiger partial charge in [-0.2, -0.15) is 5.10 Å². The Morgan fingerprint density at radius 2 is 1.84 bits per heavy atom. The fourth-order valence-corrected chi connectivity index (χ4v) is 3.61. The number of nitrogens with zero attached hydrogens (tertiary/aromatic N) is 3. The average Bonchev–Trinajstić information content (AvgIpc) is 3.52. The van der Waals surface area contributed by atoms with Gasteiger partial charge in [0.15, 0.2) is 11.8 Å². The van der Waals surface area contributed by atoms with Crippen LogP contribution < -0.4 is 5.32 Å². The Bertz CT molecular complexity index is 1100. The smallest absolute Gasteiger partial charge is 0.339 e. The van der Waals surface area contributed by atoms with Gasteiger partial charge in [0, 0.05) is 17.7 Å². The van der Waals surface area contributed by atoms with Crippen LogP contribution in [-0.4, -0.2) is 32.7 Å². The minimum atomic E-state index is -0.925. The first-order valence-corrected chi connectivity index (χ1v) is 10.8. The number of amides is 1. The van der Waals surface area contributed by atoms with Crippen molar-refractivity contribution in [2.45, 2.75) is 64.6 Å². The normalized spacial score (nSPS) is 15.6. The molecule has 4 rings (SSSR count). The van der Waals surface area contributed by atoms with E-state index in [9.17, 15) is 9.59 Å². The van der Waals surface area contributed by atoms with Gasteiger partial charge in [-0.15, -0.1) is 0 Å². The molecule has 1 aromatic carbocycles. The molecular weight excluding hydrogens is 392 g/mol. The minimum absolute atomic E-state index is 0.118. The first-order valence-electron chi connectivity index (χ1n) is 10.8. The summed E-state index contributed by atoms with van der Waals surface area (Å²) in [6.45, 7) is 7.53. The topological polar surface area (TPSA) is 86.1 Å². The molecule has 2 atom stereocenters. The van der Waals surface area contributed by atoms with Crippen LogP contribution in [0, 0.1) is 0 Å². The van der Waals surface area contributed by atoms with E-state index in [1.165, 1.54) is 0 Å². The molecule has 1 amide bonds. The summed E-state index contributed by atoms with van der Waals surface area (Å²) in [6.07, 6.45) is 2.86.